The zero-order valence-electron chi connectivity index (χ0n) is 14.5. The smallest absolute Gasteiger partial charge is 0.0323 e. The SMILES string of the molecule is CCNC1CCCc2cc3c(cc21)C(C)(C)CCC3(C)C. The van der Waals surface area contributed by atoms with E-state index in [4.69, 9.17) is 0 Å². The third kappa shape index (κ3) is 2.54. The van der Waals surface area contributed by atoms with Crippen molar-refractivity contribution in [1.82, 2.24) is 5.32 Å². The van der Waals surface area contributed by atoms with Crippen LogP contribution in [-0.4, -0.2) is 6.54 Å². The van der Waals surface area contributed by atoms with Gasteiger partial charge in [-0.15, -0.1) is 0 Å². The summed E-state index contributed by atoms with van der Waals surface area (Å²) < 4.78 is 0. The topological polar surface area (TPSA) is 12.0 Å². The fourth-order valence-corrected chi connectivity index (χ4v) is 4.33. The van der Waals surface area contributed by atoms with Crippen molar-refractivity contribution < 1.29 is 0 Å². The van der Waals surface area contributed by atoms with Crippen LogP contribution in [-0.2, 0) is 17.3 Å². The van der Waals surface area contributed by atoms with Crippen LogP contribution in [0.4, 0.5) is 0 Å². The van der Waals surface area contributed by atoms with E-state index in [9.17, 15) is 0 Å². The highest BCUT2D eigenvalue weighted by molar-refractivity contribution is 5.49. The summed E-state index contributed by atoms with van der Waals surface area (Å²) in [4.78, 5) is 0. The molecule has 0 aliphatic heterocycles. The van der Waals surface area contributed by atoms with E-state index in [1.165, 1.54) is 32.1 Å². The average molecular weight is 285 g/mol. The lowest BCUT2D eigenvalue weighted by atomic mass is 9.62. The van der Waals surface area contributed by atoms with Gasteiger partial charge in [-0.05, 0) is 71.7 Å². The molecular formula is C20H31N. The Morgan fingerprint density at radius 1 is 1.05 bits per heavy atom. The van der Waals surface area contributed by atoms with Crippen LogP contribution < -0.4 is 5.32 Å². The number of nitrogens with one attached hydrogen (secondary N) is 1. The van der Waals surface area contributed by atoms with Crippen molar-refractivity contribution >= 4 is 0 Å². The summed E-state index contributed by atoms with van der Waals surface area (Å²) in [5.41, 5.74) is 7.10. The van der Waals surface area contributed by atoms with Gasteiger partial charge in [0.25, 0.3) is 0 Å². The first kappa shape index (κ1) is 15.1. The van der Waals surface area contributed by atoms with E-state index < -0.39 is 0 Å². The van der Waals surface area contributed by atoms with Gasteiger partial charge in [-0.2, -0.15) is 0 Å². The second-order valence-electron chi connectivity index (χ2n) is 8.37. The Morgan fingerprint density at radius 2 is 1.67 bits per heavy atom. The van der Waals surface area contributed by atoms with E-state index in [0.717, 1.165) is 6.54 Å². The summed E-state index contributed by atoms with van der Waals surface area (Å²) in [7, 11) is 0. The molecule has 0 radical (unpaired) electrons. The van der Waals surface area contributed by atoms with Gasteiger partial charge in [0.1, 0.15) is 0 Å². The quantitative estimate of drug-likeness (QED) is 0.804. The Hall–Kier alpha value is -0.820. The van der Waals surface area contributed by atoms with Crippen molar-refractivity contribution in [2.75, 3.05) is 6.54 Å². The van der Waals surface area contributed by atoms with Gasteiger partial charge in [0.05, 0.1) is 0 Å². The van der Waals surface area contributed by atoms with Gasteiger partial charge in [-0.1, -0.05) is 46.8 Å². The van der Waals surface area contributed by atoms with E-state index in [2.05, 4.69) is 52.1 Å². The summed E-state index contributed by atoms with van der Waals surface area (Å²) >= 11 is 0. The van der Waals surface area contributed by atoms with E-state index in [-0.39, 0.29) is 0 Å². The molecule has 1 unspecified atom stereocenters. The first-order valence-electron chi connectivity index (χ1n) is 8.76. The van der Waals surface area contributed by atoms with Gasteiger partial charge in [-0.3, -0.25) is 0 Å². The zero-order valence-corrected chi connectivity index (χ0v) is 14.5. The molecule has 0 saturated heterocycles. The van der Waals surface area contributed by atoms with Crippen LogP contribution in [0.25, 0.3) is 0 Å². The molecule has 116 valence electrons. The molecule has 3 rings (SSSR count). The van der Waals surface area contributed by atoms with Crippen LogP contribution in [0.2, 0.25) is 0 Å². The summed E-state index contributed by atoms with van der Waals surface area (Å²) in [5, 5.41) is 3.70. The number of aryl methyl sites for hydroxylation is 1. The largest absolute Gasteiger partial charge is 0.310 e. The predicted octanol–water partition coefficient (Wildman–Crippen LogP) is 5.02. The van der Waals surface area contributed by atoms with Gasteiger partial charge >= 0.3 is 0 Å². The minimum Gasteiger partial charge on any atom is -0.310 e. The molecule has 0 amide bonds. The first-order valence-corrected chi connectivity index (χ1v) is 8.76. The molecule has 0 saturated carbocycles. The summed E-state index contributed by atoms with van der Waals surface area (Å²) in [5.74, 6) is 0. The Kier molecular flexibility index (Phi) is 3.68. The molecule has 21 heavy (non-hydrogen) atoms. The van der Waals surface area contributed by atoms with Crippen LogP contribution in [0.5, 0.6) is 0 Å². The van der Waals surface area contributed by atoms with Crippen molar-refractivity contribution in [1.29, 1.82) is 0 Å². The molecule has 0 bridgehead atoms. The predicted molar refractivity (Wildman–Crippen MR) is 91.1 cm³/mol. The standard InChI is InChI=1S/C20H31N/c1-6-21-18-9-7-8-14-12-16-17(13-15(14)18)20(4,5)11-10-19(16,2)3/h12-13,18,21H,6-11H2,1-5H3. The molecule has 0 fully saturated rings. The van der Waals surface area contributed by atoms with Gasteiger partial charge in [0, 0.05) is 6.04 Å². The van der Waals surface area contributed by atoms with E-state index in [1.807, 2.05) is 0 Å². The molecule has 2 aliphatic carbocycles. The third-order valence-corrected chi connectivity index (χ3v) is 5.88. The second kappa shape index (κ2) is 5.12. The number of rotatable bonds is 2. The number of hydrogen-bond donors (Lipinski definition) is 1. The molecular weight excluding hydrogens is 254 g/mol. The van der Waals surface area contributed by atoms with E-state index >= 15 is 0 Å². The Labute approximate surface area is 130 Å². The van der Waals surface area contributed by atoms with Gasteiger partial charge < -0.3 is 5.32 Å². The minimum absolute atomic E-state index is 0.327. The maximum atomic E-state index is 3.70. The number of hydrogen-bond acceptors (Lipinski definition) is 1. The van der Waals surface area contributed by atoms with Crippen LogP contribution in [0.3, 0.4) is 0 Å². The Bertz CT molecular complexity index is 539. The molecule has 1 atom stereocenters. The molecule has 1 heteroatoms. The van der Waals surface area contributed by atoms with Gasteiger partial charge in [0.15, 0.2) is 0 Å². The van der Waals surface area contributed by atoms with E-state index in [0.29, 0.717) is 16.9 Å². The van der Waals surface area contributed by atoms with Crippen molar-refractivity contribution in [3.8, 4) is 0 Å². The van der Waals surface area contributed by atoms with Crippen molar-refractivity contribution in [3.63, 3.8) is 0 Å². The lowest BCUT2D eigenvalue weighted by Crippen LogP contribution is -2.35. The monoisotopic (exact) mass is 285 g/mol. The molecule has 0 aromatic heterocycles. The minimum atomic E-state index is 0.327. The highest BCUT2D eigenvalue weighted by Crippen LogP contribution is 2.48. The van der Waals surface area contributed by atoms with E-state index in [1.54, 1.807) is 22.3 Å². The third-order valence-electron chi connectivity index (χ3n) is 5.88. The number of benzene rings is 1. The molecule has 1 aromatic carbocycles. The Balaban J connectivity index is 2.14. The molecule has 0 spiro atoms. The average Bonchev–Trinajstić information content (AvgIpc) is 2.44. The van der Waals surface area contributed by atoms with Crippen LogP contribution >= 0.6 is 0 Å². The maximum absolute atomic E-state index is 3.70. The van der Waals surface area contributed by atoms with Crippen molar-refractivity contribution in [2.45, 2.75) is 83.6 Å². The normalized spacial score (nSPS) is 26.0. The fraction of sp³-hybridized carbons (Fsp3) is 0.700. The lowest BCUT2D eigenvalue weighted by Gasteiger charge is -2.43. The maximum Gasteiger partial charge on any atom is 0.0323 e. The summed E-state index contributed by atoms with van der Waals surface area (Å²) in [6.45, 7) is 13.0. The molecule has 2 aliphatic rings. The summed E-state index contributed by atoms with van der Waals surface area (Å²) in [6.07, 6.45) is 6.50. The van der Waals surface area contributed by atoms with Crippen molar-refractivity contribution in [2.24, 2.45) is 0 Å². The van der Waals surface area contributed by atoms with Crippen LogP contribution in [0, 0.1) is 0 Å². The first-order chi connectivity index (χ1) is 9.85. The lowest BCUT2D eigenvalue weighted by molar-refractivity contribution is 0.330. The highest BCUT2D eigenvalue weighted by atomic mass is 14.9. The van der Waals surface area contributed by atoms with Crippen LogP contribution in [0.1, 0.15) is 88.6 Å². The number of fused-ring (bicyclic) bond motifs is 2. The summed E-state index contributed by atoms with van der Waals surface area (Å²) in [6, 6.07) is 5.71. The van der Waals surface area contributed by atoms with Crippen molar-refractivity contribution in [3.05, 3.63) is 34.4 Å². The molecule has 1 aromatic rings. The highest BCUT2D eigenvalue weighted by Gasteiger charge is 2.38. The molecule has 1 N–H and O–H groups in total. The van der Waals surface area contributed by atoms with Crippen LogP contribution in [0.15, 0.2) is 12.1 Å². The molecule has 1 nitrogen and oxygen atoms in total. The molecule has 0 heterocycles. The van der Waals surface area contributed by atoms with Gasteiger partial charge in [0.2, 0.25) is 0 Å². The second-order valence-corrected chi connectivity index (χ2v) is 8.37. The Morgan fingerprint density at radius 3 is 2.29 bits per heavy atom. The fourth-order valence-electron chi connectivity index (χ4n) is 4.33. The van der Waals surface area contributed by atoms with Gasteiger partial charge in [-0.25, -0.2) is 0 Å². The zero-order chi connectivity index (χ0) is 15.3.